The minimum Gasteiger partial charge on any atom is -0.310 e. The van der Waals surface area contributed by atoms with E-state index in [0.717, 1.165) is 31.0 Å². The molecule has 0 spiro atoms. The van der Waals surface area contributed by atoms with Crippen molar-refractivity contribution in [3.05, 3.63) is 48.3 Å². The van der Waals surface area contributed by atoms with E-state index < -0.39 is 0 Å². The third-order valence-corrected chi connectivity index (χ3v) is 3.77. The van der Waals surface area contributed by atoms with Crippen molar-refractivity contribution in [3.63, 3.8) is 0 Å². The third-order valence-electron chi connectivity index (χ3n) is 3.77. The van der Waals surface area contributed by atoms with E-state index in [1.165, 1.54) is 25.9 Å². The van der Waals surface area contributed by atoms with Gasteiger partial charge in [0.15, 0.2) is 0 Å². The quantitative estimate of drug-likeness (QED) is 0.816. The van der Waals surface area contributed by atoms with Gasteiger partial charge in [-0.1, -0.05) is 18.2 Å². The molecule has 2 heterocycles. The molecule has 4 heteroatoms. The predicted molar refractivity (Wildman–Crippen MR) is 80.9 cm³/mol. The Morgan fingerprint density at radius 1 is 1.05 bits per heavy atom. The maximum absolute atomic E-state index is 4.59. The minimum atomic E-state index is 0.841. The summed E-state index contributed by atoms with van der Waals surface area (Å²) in [4.78, 5) is 2.52. The molecule has 0 unspecified atom stereocenters. The van der Waals surface area contributed by atoms with Crippen molar-refractivity contribution < 1.29 is 0 Å². The van der Waals surface area contributed by atoms with E-state index in [1.807, 2.05) is 29.1 Å². The van der Waals surface area contributed by atoms with Gasteiger partial charge in [-0.25, -0.2) is 4.68 Å². The first-order chi connectivity index (χ1) is 9.92. The van der Waals surface area contributed by atoms with Gasteiger partial charge in [-0.3, -0.25) is 0 Å². The zero-order valence-electron chi connectivity index (χ0n) is 11.8. The monoisotopic (exact) mass is 270 g/mol. The van der Waals surface area contributed by atoms with Gasteiger partial charge in [-0.15, -0.1) is 0 Å². The summed E-state index contributed by atoms with van der Waals surface area (Å²) in [5.41, 5.74) is 2.20. The van der Waals surface area contributed by atoms with Crippen molar-refractivity contribution in [2.75, 3.05) is 26.2 Å². The standard InChI is InChI=1S/C16H22N4/c1-2-6-16(7-3-1)20-12-8-15(18-20)14-17-9-13-19-10-4-5-11-19/h1-3,6-8,12,17H,4-5,9-11,13-14H2. The molecule has 1 aromatic heterocycles. The number of hydrogen-bond donors (Lipinski definition) is 1. The molecule has 1 N–H and O–H groups in total. The lowest BCUT2D eigenvalue weighted by Crippen LogP contribution is -2.29. The van der Waals surface area contributed by atoms with Crippen molar-refractivity contribution in [2.45, 2.75) is 19.4 Å². The van der Waals surface area contributed by atoms with E-state index in [1.54, 1.807) is 0 Å². The predicted octanol–water partition coefficient (Wildman–Crippen LogP) is 2.06. The highest BCUT2D eigenvalue weighted by Crippen LogP contribution is 2.07. The summed E-state index contributed by atoms with van der Waals surface area (Å²) < 4.78 is 1.93. The van der Waals surface area contributed by atoms with Crippen LogP contribution >= 0.6 is 0 Å². The number of rotatable bonds is 6. The fourth-order valence-corrected chi connectivity index (χ4v) is 2.64. The zero-order valence-corrected chi connectivity index (χ0v) is 11.8. The molecule has 0 aliphatic carbocycles. The summed E-state index contributed by atoms with van der Waals surface area (Å²) in [7, 11) is 0. The van der Waals surface area contributed by atoms with E-state index in [4.69, 9.17) is 0 Å². The molecule has 1 aliphatic heterocycles. The molecule has 1 fully saturated rings. The van der Waals surface area contributed by atoms with Crippen LogP contribution in [0.4, 0.5) is 0 Å². The summed E-state index contributed by atoms with van der Waals surface area (Å²) in [6.45, 7) is 5.57. The second-order valence-electron chi connectivity index (χ2n) is 5.31. The maximum Gasteiger partial charge on any atom is 0.0766 e. The van der Waals surface area contributed by atoms with Gasteiger partial charge in [-0.2, -0.15) is 5.10 Å². The van der Waals surface area contributed by atoms with Crippen LogP contribution in [0.3, 0.4) is 0 Å². The van der Waals surface area contributed by atoms with E-state index in [0.29, 0.717) is 0 Å². The van der Waals surface area contributed by atoms with Crippen molar-refractivity contribution in [1.82, 2.24) is 20.0 Å². The highest BCUT2D eigenvalue weighted by Gasteiger charge is 2.10. The Bertz CT molecular complexity index is 514. The van der Waals surface area contributed by atoms with Crippen LogP contribution in [0.15, 0.2) is 42.6 Å². The fraction of sp³-hybridized carbons (Fsp3) is 0.438. The summed E-state index contributed by atoms with van der Waals surface area (Å²) in [6, 6.07) is 12.3. The first kappa shape index (κ1) is 13.3. The largest absolute Gasteiger partial charge is 0.310 e. The summed E-state index contributed by atoms with van der Waals surface area (Å²) >= 11 is 0. The number of para-hydroxylation sites is 1. The SMILES string of the molecule is c1ccc(-n2ccc(CNCCN3CCCC3)n2)cc1. The molecule has 0 amide bonds. The molecule has 20 heavy (non-hydrogen) atoms. The van der Waals surface area contributed by atoms with Crippen LogP contribution in [-0.2, 0) is 6.54 Å². The number of benzene rings is 1. The fourth-order valence-electron chi connectivity index (χ4n) is 2.64. The highest BCUT2D eigenvalue weighted by atomic mass is 15.3. The molecule has 3 rings (SSSR count). The smallest absolute Gasteiger partial charge is 0.0766 e. The first-order valence-corrected chi connectivity index (χ1v) is 7.45. The Hall–Kier alpha value is -1.65. The van der Waals surface area contributed by atoms with Gasteiger partial charge < -0.3 is 10.2 Å². The van der Waals surface area contributed by atoms with Crippen molar-refractivity contribution in [3.8, 4) is 5.69 Å². The molecular weight excluding hydrogens is 248 g/mol. The average Bonchev–Trinajstić information content (AvgIpc) is 3.16. The normalized spacial score (nSPS) is 15.8. The van der Waals surface area contributed by atoms with Gasteiger partial charge in [0.1, 0.15) is 0 Å². The van der Waals surface area contributed by atoms with Gasteiger partial charge in [0.2, 0.25) is 0 Å². The number of likely N-dealkylation sites (tertiary alicyclic amines) is 1. The number of aromatic nitrogens is 2. The first-order valence-electron chi connectivity index (χ1n) is 7.45. The van der Waals surface area contributed by atoms with Crippen LogP contribution in [0.1, 0.15) is 18.5 Å². The highest BCUT2D eigenvalue weighted by molar-refractivity contribution is 5.30. The molecule has 2 aromatic rings. The molecule has 4 nitrogen and oxygen atoms in total. The maximum atomic E-state index is 4.59. The van der Waals surface area contributed by atoms with Crippen molar-refractivity contribution in [2.24, 2.45) is 0 Å². The lowest BCUT2D eigenvalue weighted by Gasteiger charge is -2.14. The topological polar surface area (TPSA) is 33.1 Å². The molecule has 1 saturated heterocycles. The van der Waals surface area contributed by atoms with E-state index in [9.17, 15) is 0 Å². The van der Waals surface area contributed by atoms with Gasteiger partial charge >= 0.3 is 0 Å². The van der Waals surface area contributed by atoms with E-state index in [2.05, 4.69) is 33.5 Å². The van der Waals surface area contributed by atoms with Crippen LogP contribution < -0.4 is 5.32 Å². The molecule has 106 valence electrons. The Balaban J connectivity index is 1.45. The van der Waals surface area contributed by atoms with E-state index >= 15 is 0 Å². The average molecular weight is 270 g/mol. The van der Waals surface area contributed by atoms with Crippen molar-refractivity contribution >= 4 is 0 Å². The second kappa shape index (κ2) is 6.68. The Labute approximate surface area is 120 Å². The Morgan fingerprint density at radius 3 is 2.65 bits per heavy atom. The van der Waals surface area contributed by atoms with Gasteiger partial charge in [0.05, 0.1) is 11.4 Å². The van der Waals surface area contributed by atoms with Gasteiger partial charge in [-0.05, 0) is 44.1 Å². The zero-order chi connectivity index (χ0) is 13.6. The molecule has 1 aromatic carbocycles. The Morgan fingerprint density at radius 2 is 1.85 bits per heavy atom. The molecular formula is C16H22N4. The third kappa shape index (κ3) is 3.46. The molecule has 0 bridgehead atoms. The summed E-state index contributed by atoms with van der Waals surface area (Å²) in [6.07, 6.45) is 4.75. The number of hydrogen-bond acceptors (Lipinski definition) is 3. The lowest BCUT2D eigenvalue weighted by atomic mass is 10.3. The molecule has 1 aliphatic rings. The number of nitrogens with zero attached hydrogens (tertiary/aromatic N) is 3. The van der Waals surface area contributed by atoms with Crippen LogP contribution in [-0.4, -0.2) is 40.9 Å². The molecule has 0 saturated carbocycles. The molecule has 0 atom stereocenters. The van der Waals surface area contributed by atoms with Gasteiger partial charge in [0, 0.05) is 25.8 Å². The van der Waals surface area contributed by atoms with E-state index in [-0.39, 0.29) is 0 Å². The molecule has 0 radical (unpaired) electrons. The summed E-state index contributed by atoms with van der Waals surface area (Å²) in [5.74, 6) is 0. The minimum absolute atomic E-state index is 0.841. The Kier molecular flexibility index (Phi) is 4.46. The second-order valence-corrected chi connectivity index (χ2v) is 5.31. The lowest BCUT2D eigenvalue weighted by molar-refractivity contribution is 0.335. The van der Waals surface area contributed by atoms with Crippen LogP contribution in [0.25, 0.3) is 5.69 Å². The van der Waals surface area contributed by atoms with Gasteiger partial charge in [0.25, 0.3) is 0 Å². The van der Waals surface area contributed by atoms with Crippen LogP contribution in [0.2, 0.25) is 0 Å². The summed E-state index contributed by atoms with van der Waals surface area (Å²) in [5, 5.41) is 8.07. The van der Waals surface area contributed by atoms with Crippen molar-refractivity contribution in [1.29, 1.82) is 0 Å². The van der Waals surface area contributed by atoms with Crippen LogP contribution in [0, 0.1) is 0 Å². The number of nitrogens with one attached hydrogen (secondary N) is 1. The van der Waals surface area contributed by atoms with Crippen LogP contribution in [0.5, 0.6) is 0 Å².